The molecule has 0 aliphatic carbocycles. The number of nitrogens with zero attached hydrogens (tertiary/aromatic N) is 1. The zero-order valence-corrected chi connectivity index (χ0v) is 14.0. The average molecular weight is 351 g/mol. The number of halogens is 1. The van der Waals surface area contributed by atoms with Gasteiger partial charge < -0.3 is 10.1 Å². The average Bonchev–Trinajstić information content (AvgIpc) is 2.59. The van der Waals surface area contributed by atoms with E-state index in [1.54, 1.807) is 0 Å². The van der Waals surface area contributed by atoms with Crippen molar-refractivity contribution >= 4 is 24.1 Å². The van der Waals surface area contributed by atoms with Gasteiger partial charge in [-0.2, -0.15) is 0 Å². The van der Waals surface area contributed by atoms with E-state index in [-0.39, 0.29) is 30.7 Å². The number of non-ortho nitro benzene ring substituents is 1. The van der Waals surface area contributed by atoms with Gasteiger partial charge in [-0.3, -0.25) is 10.1 Å². The van der Waals surface area contributed by atoms with Crippen LogP contribution in [-0.2, 0) is 4.74 Å². The summed E-state index contributed by atoms with van der Waals surface area (Å²) in [5.41, 5.74) is 1.40. The summed E-state index contributed by atoms with van der Waals surface area (Å²) in [5.74, 6) is -0.492. The van der Waals surface area contributed by atoms with Gasteiger partial charge in [0.15, 0.2) is 0 Å². The number of carbonyl (C=O) groups excluding carboxylic acids is 1. The molecule has 2 aromatic rings. The molecule has 0 fully saturated rings. The van der Waals surface area contributed by atoms with Gasteiger partial charge in [-0.25, -0.2) is 4.79 Å². The molecule has 1 atom stereocenters. The smallest absolute Gasteiger partial charge is 0.338 e. The molecule has 0 aliphatic rings. The molecule has 0 saturated carbocycles. The van der Waals surface area contributed by atoms with E-state index < -0.39 is 10.9 Å². The van der Waals surface area contributed by atoms with Crippen LogP contribution in [0.25, 0.3) is 0 Å². The SMILES string of the molecule is CC(NCCOC(=O)c1ccc([N+](=O)[O-])cc1)c1ccccc1.Cl. The van der Waals surface area contributed by atoms with Crippen molar-refractivity contribution in [1.82, 2.24) is 5.32 Å². The molecular weight excluding hydrogens is 332 g/mol. The van der Waals surface area contributed by atoms with Crippen LogP contribution in [-0.4, -0.2) is 24.0 Å². The van der Waals surface area contributed by atoms with E-state index in [9.17, 15) is 14.9 Å². The lowest BCUT2D eigenvalue weighted by molar-refractivity contribution is -0.384. The van der Waals surface area contributed by atoms with E-state index in [4.69, 9.17) is 4.74 Å². The van der Waals surface area contributed by atoms with Gasteiger partial charge in [0.2, 0.25) is 0 Å². The second kappa shape index (κ2) is 9.64. The molecule has 2 aromatic carbocycles. The van der Waals surface area contributed by atoms with Crippen LogP contribution in [0.4, 0.5) is 5.69 Å². The van der Waals surface area contributed by atoms with Gasteiger partial charge in [-0.15, -0.1) is 12.4 Å². The first-order chi connectivity index (χ1) is 11.1. The number of benzene rings is 2. The predicted molar refractivity (Wildman–Crippen MR) is 93.5 cm³/mol. The van der Waals surface area contributed by atoms with Crippen molar-refractivity contribution in [3.8, 4) is 0 Å². The Bertz CT molecular complexity index is 662. The Labute approximate surface area is 146 Å². The zero-order chi connectivity index (χ0) is 16.7. The fourth-order valence-corrected chi connectivity index (χ4v) is 2.08. The molecule has 0 amide bonds. The summed E-state index contributed by atoms with van der Waals surface area (Å²) >= 11 is 0. The largest absolute Gasteiger partial charge is 0.461 e. The van der Waals surface area contributed by atoms with Crippen molar-refractivity contribution in [3.05, 3.63) is 75.8 Å². The number of nitro groups is 1. The molecule has 0 saturated heterocycles. The van der Waals surface area contributed by atoms with Gasteiger partial charge in [0, 0.05) is 24.7 Å². The Kier molecular flexibility index (Phi) is 7.88. The summed E-state index contributed by atoms with van der Waals surface area (Å²) in [7, 11) is 0. The summed E-state index contributed by atoms with van der Waals surface area (Å²) in [6, 6.07) is 15.5. The Hall–Kier alpha value is -2.44. The van der Waals surface area contributed by atoms with Crippen LogP contribution >= 0.6 is 12.4 Å². The maximum atomic E-state index is 11.8. The third-order valence-electron chi connectivity index (χ3n) is 3.40. The van der Waals surface area contributed by atoms with E-state index >= 15 is 0 Å². The fraction of sp³-hybridized carbons (Fsp3) is 0.235. The van der Waals surface area contributed by atoms with Crippen LogP contribution in [0.3, 0.4) is 0 Å². The van der Waals surface area contributed by atoms with Crippen molar-refractivity contribution < 1.29 is 14.5 Å². The van der Waals surface area contributed by atoms with Gasteiger partial charge in [-0.05, 0) is 24.6 Å². The minimum Gasteiger partial charge on any atom is -0.461 e. The van der Waals surface area contributed by atoms with Crippen LogP contribution < -0.4 is 5.32 Å². The minimum absolute atomic E-state index is 0. The molecule has 1 unspecified atom stereocenters. The van der Waals surface area contributed by atoms with Crippen LogP contribution in [0.15, 0.2) is 54.6 Å². The number of nitro benzene ring substituents is 1. The summed E-state index contributed by atoms with van der Waals surface area (Å²) in [5, 5.41) is 13.8. The highest BCUT2D eigenvalue weighted by molar-refractivity contribution is 5.89. The normalized spacial score (nSPS) is 11.2. The van der Waals surface area contributed by atoms with E-state index in [1.807, 2.05) is 37.3 Å². The van der Waals surface area contributed by atoms with E-state index in [2.05, 4.69) is 5.32 Å². The number of carbonyl (C=O) groups is 1. The number of hydrogen-bond donors (Lipinski definition) is 1. The molecule has 6 nitrogen and oxygen atoms in total. The highest BCUT2D eigenvalue weighted by Gasteiger charge is 2.10. The number of rotatable bonds is 7. The third kappa shape index (κ3) is 5.64. The summed E-state index contributed by atoms with van der Waals surface area (Å²) in [6.45, 7) is 2.79. The maximum absolute atomic E-state index is 11.8. The molecule has 0 radical (unpaired) electrons. The van der Waals surface area contributed by atoms with Gasteiger partial charge in [-0.1, -0.05) is 30.3 Å². The first-order valence-electron chi connectivity index (χ1n) is 7.28. The maximum Gasteiger partial charge on any atom is 0.338 e. The first-order valence-corrected chi connectivity index (χ1v) is 7.28. The molecule has 128 valence electrons. The Balaban J connectivity index is 0.00000288. The van der Waals surface area contributed by atoms with E-state index in [1.165, 1.54) is 24.3 Å². The molecule has 0 bridgehead atoms. The number of hydrogen-bond acceptors (Lipinski definition) is 5. The van der Waals surface area contributed by atoms with E-state index in [0.29, 0.717) is 12.1 Å². The zero-order valence-electron chi connectivity index (χ0n) is 13.2. The number of esters is 1. The summed E-state index contributed by atoms with van der Waals surface area (Å²) in [4.78, 5) is 21.9. The predicted octanol–water partition coefficient (Wildman–Crippen LogP) is 3.52. The van der Waals surface area contributed by atoms with Crippen molar-refractivity contribution in [1.29, 1.82) is 0 Å². The van der Waals surface area contributed by atoms with Crippen LogP contribution in [0.5, 0.6) is 0 Å². The molecular formula is C17H19ClN2O4. The fourth-order valence-electron chi connectivity index (χ4n) is 2.08. The van der Waals surface area contributed by atoms with Gasteiger partial charge in [0.05, 0.1) is 10.5 Å². The molecule has 2 rings (SSSR count). The standard InChI is InChI=1S/C17H18N2O4.ClH/c1-13(14-5-3-2-4-6-14)18-11-12-23-17(20)15-7-9-16(10-8-15)19(21)22;/h2-10,13,18H,11-12H2,1H3;1H. The lowest BCUT2D eigenvalue weighted by Gasteiger charge is -2.14. The van der Waals surface area contributed by atoms with Crippen molar-refractivity contribution in [3.63, 3.8) is 0 Å². The topological polar surface area (TPSA) is 81.5 Å². The van der Waals surface area contributed by atoms with Crippen molar-refractivity contribution in [2.75, 3.05) is 13.2 Å². The number of ether oxygens (including phenoxy) is 1. The summed E-state index contributed by atoms with van der Waals surface area (Å²) < 4.78 is 5.14. The van der Waals surface area contributed by atoms with E-state index in [0.717, 1.165) is 5.56 Å². The Morgan fingerprint density at radius 3 is 2.38 bits per heavy atom. The summed E-state index contributed by atoms with van der Waals surface area (Å²) in [6.07, 6.45) is 0. The van der Waals surface area contributed by atoms with Crippen LogP contribution in [0.1, 0.15) is 28.9 Å². The quantitative estimate of drug-likeness (QED) is 0.357. The molecule has 1 N–H and O–H groups in total. The number of nitrogens with one attached hydrogen (secondary N) is 1. The third-order valence-corrected chi connectivity index (χ3v) is 3.40. The second-order valence-corrected chi connectivity index (χ2v) is 5.03. The lowest BCUT2D eigenvalue weighted by atomic mass is 10.1. The Morgan fingerprint density at radius 1 is 1.17 bits per heavy atom. The minimum atomic E-state index is -0.510. The lowest BCUT2D eigenvalue weighted by Crippen LogP contribution is -2.24. The molecule has 7 heteroatoms. The van der Waals surface area contributed by atoms with Gasteiger partial charge in [0.25, 0.3) is 5.69 Å². The highest BCUT2D eigenvalue weighted by Crippen LogP contribution is 2.13. The van der Waals surface area contributed by atoms with Gasteiger partial charge >= 0.3 is 5.97 Å². The highest BCUT2D eigenvalue weighted by atomic mass is 35.5. The van der Waals surface area contributed by atoms with Crippen LogP contribution in [0, 0.1) is 10.1 Å². The van der Waals surface area contributed by atoms with Crippen LogP contribution in [0.2, 0.25) is 0 Å². The molecule has 0 heterocycles. The molecule has 0 aromatic heterocycles. The molecule has 0 spiro atoms. The van der Waals surface area contributed by atoms with Gasteiger partial charge in [0.1, 0.15) is 6.61 Å². The molecule has 0 aliphatic heterocycles. The monoisotopic (exact) mass is 350 g/mol. The first kappa shape index (κ1) is 19.6. The Morgan fingerprint density at radius 2 is 1.79 bits per heavy atom. The van der Waals surface area contributed by atoms with Crippen molar-refractivity contribution in [2.45, 2.75) is 13.0 Å². The second-order valence-electron chi connectivity index (χ2n) is 5.03. The van der Waals surface area contributed by atoms with Crippen molar-refractivity contribution in [2.24, 2.45) is 0 Å². The molecule has 24 heavy (non-hydrogen) atoms.